The molecule has 0 saturated heterocycles. The first-order valence-electron chi connectivity index (χ1n) is 9.20. The highest BCUT2D eigenvalue weighted by molar-refractivity contribution is 5.81. The van der Waals surface area contributed by atoms with Gasteiger partial charge in [-0.2, -0.15) is 0 Å². The van der Waals surface area contributed by atoms with E-state index in [1.54, 1.807) is 6.08 Å². The monoisotopic (exact) mass is 304 g/mol. The zero-order chi connectivity index (χ0) is 15.8. The molecule has 0 bridgehead atoms. The molecule has 0 aromatic carbocycles. The van der Waals surface area contributed by atoms with Gasteiger partial charge in [-0.15, -0.1) is 0 Å². The molecular weight excluding hydrogens is 272 g/mol. The molecule has 0 unspecified atom stereocenters. The van der Waals surface area contributed by atoms with Crippen molar-refractivity contribution < 1.29 is 9.53 Å². The number of rotatable bonds is 5. The number of carbonyl (C=O) groups excluding carboxylic acids is 1. The Morgan fingerprint density at radius 2 is 1.41 bits per heavy atom. The molecule has 0 atom stereocenters. The Bertz CT molecular complexity index is 381. The van der Waals surface area contributed by atoms with E-state index in [9.17, 15) is 4.79 Å². The molecule has 2 saturated carbocycles. The summed E-state index contributed by atoms with van der Waals surface area (Å²) >= 11 is 0. The van der Waals surface area contributed by atoms with E-state index in [1.165, 1.54) is 51.4 Å². The predicted molar refractivity (Wildman–Crippen MR) is 91.5 cm³/mol. The SMILES string of the molecule is C/C=C/[C@H]1CC[C@H](C2CCC(/C=C/C(=O)OCC)CC2)CC1. The minimum atomic E-state index is -0.188. The lowest BCUT2D eigenvalue weighted by atomic mass is 9.69. The van der Waals surface area contributed by atoms with Crippen LogP contribution in [0.1, 0.15) is 65.2 Å². The van der Waals surface area contributed by atoms with E-state index >= 15 is 0 Å². The topological polar surface area (TPSA) is 26.3 Å². The van der Waals surface area contributed by atoms with Crippen molar-refractivity contribution in [2.75, 3.05) is 6.61 Å². The van der Waals surface area contributed by atoms with Gasteiger partial charge in [0.2, 0.25) is 0 Å². The molecule has 2 aliphatic rings. The Hall–Kier alpha value is -1.05. The van der Waals surface area contributed by atoms with Crippen LogP contribution in [0.25, 0.3) is 0 Å². The number of allylic oxidation sites excluding steroid dienone is 3. The van der Waals surface area contributed by atoms with E-state index < -0.39 is 0 Å². The van der Waals surface area contributed by atoms with Crippen LogP contribution in [0, 0.1) is 23.7 Å². The van der Waals surface area contributed by atoms with Gasteiger partial charge in [0.15, 0.2) is 0 Å². The van der Waals surface area contributed by atoms with Crippen LogP contribution < -0.4 is 0 Å². The predicted octanol–water partition coefficient (Wildman–Crippen LogP) is 5.29. The van der Waals surface area contributed by atoms with Crippen molar-refractivity contribution in [3.63, 3.8) is 0 Å². The summed E-state index contributed by atoms with van der Waals surface area (Å²) < 4.78 is 4.95. The first kappa shape index (κ1) is 17.3. The lowest BCUT2D eigenvalue weighted by Crippen LogP contribution is -2.25. The molecule has 2 heteroatoms. The van der Waals surface area contributed by atoms with E-state index in [4.69, 9.17) is 4.74 Å². The summed E-state index contributed by atoms with van der Waals surface area (Å²) in [5.74, 6) is 3.12. The summed E-state index contributed by atoms with van der Waals surface area (Å²) in [4.78, 5) is 11.4. The maximum Gasteiger partial charge on any atom is 0.330 e. The minimum absolute atomic E-state index is 0.188. The van der Waals surface area contributed by atoms with Gasteiger partial charge >= 0.3 is 5.97 Å². The van der Waals surface area contributed by atoms with Crippen LogP contribution in [0.4, 0.5) is 0 Å². The Morgan fingerprint density at radius 1 is 0.909 bits per heavy atom. The molecule has 124 valence electrons. The fraction of sp³-hybridized carbons (Fsp3) is 0.750. The van der Waals surface area contributed by atoms with E-state index in [0.717, 1.165) is 17.8 Å². The van der Waals surface area contributed by atoms with Gasteiger partial charge in [-0.3, -0.25) is 0 Å². The molecule has 2 nitrogen and oxygen atoms in total. The quantitative estimate of drug-likeness (QED) is 0.391. The van der Waals surface area contributed by atoms with Crippen LogP contribution in [-0.2, 0) is 9.53 Å². The van der Waals surface area contributed by atoms with Gasteiger partial charge in [-0.05, 0) is 88.9 Å². The highest BCUT2D eigenvalue weighted by Gasteiger charge is 2.29. The summed E-state index contributed by atoms with van der Waals surface area (Å²) in [7, 11) is 0. The second-order valence-electron chi connectivity index (χ2n) is 6.99. The van der Waals surface area contributed by atoms with Gasteiger partial charge in [0, 0.05) is 6.08 Å². The number of carbonyl (C=O) groups is 1. The van der Waals surface area contributed by atoms with E-state index in [1.807, 2.05) is 6.92 Å². The molecule has 2 fully saturated rings. The Morgan fingerprint density at radius 3 is 1.86 bits per heavy atom. The van der Waals surface area contributed by atoms with Crippen molar-refractivity contribution in [1.29, 1.82) is 0 Å². The molecule has 0 aromatic heterocycles. The van der Waals surface area contributed by atoms with E-state index in [2.05, 4.69) is 25.2 Å². The number of hydrogen-bond donors (Lipinski definition) is 0. The summed E-state index contributed by atoms with van der Waals surface area (Å²) in [6.07, 6.45) is 19.1. The molecule has 0 aliphatic heterocycles. The highest BCUT2D eigenvalue weighted by Crippen LogP contribution is 2.41. The molecule has 0 spiro atoms. The van der Waals surface area contributed by atoms with Crippen molar-refractivity contribution in [3.05, 3.63) is 24.3 Å². The van der Waals surface area contributed by atoms with Crippen molar-refractivity contribution in [2.45, 2.75) is 65.2 Å². The Labute approximate surface area is 136 Å². The third-order valence-electron chi connectivity index (χ3n) is 5.56. The molecule has 2 aliphatic carbocycles. The average Bonchev–Trinajstić information content (AvgIpc) is 2.55. The average molecular weight is 304 g/mol. The molecular formula is C20H32O2. The van der Waals surface area contributed by atoms with Crippen LogP contribution in [0.3, 0.4) is 0 Å². The third-order valence-corrected chi connectivity index (χ3v) is 5.56. The van der Waals surface area contributed by atoms with Crippen LogP contribution in [0.5, 0.6) is 0 Å². The maximum absolute atomic E-state index is 11.4. The molecule has 0 aromatic rings. The fourth-order valence-corrected chi connectivity index (χ4v) is 4.29. The first-order valence-corrected chi connectivity index (χ1v) is 9.20. The first-order chi connectivity index (χ1) is 10.7. The molecule has 0 amide bonds. The van der Waals surface area contributed by atoms with Crippen molar-refractivity contribution in [1.82, 2.24) is 0 Å². The number of esters is 1. The second kappa shape index (κ2) is 9.17. The summed E-state index contributed by atoms with van der Waals surface area (Å²) in [5, 5.41) is 0. The van der Waals surface area contributed by atoms with Gasteiger partial charge in [-0.25, -0.2) is 4.79 Å². The van der Waals surface area contributed by atoms with Crippen LogP contribution in [0.15, 0.2) is 24.3 Å². The van der Waals surface area contributed by atoms with Crippen molar-refractivity contribution >= 4 is 5.97 Å². The van der Waals surface area contributed by atoms with Gasteiger partial charge < -0.3 is 4.74 Å². The normalized spacial score (nSPS) is 33.4. The molecule has 22 heavy (non-hydrogen) atoms. The van der Waals surface area contributed by atoms with Gasteiger partial charge in [-0.1, -0.05) is 18.2 Å². The lowest BCUT2D eigenvalue weighted by Gasteiger charge is -2.36. The highest BCUT2D eigenvalue weighted by atomic mass is 16.5. The number of hydrogen-bond acceptors (Lipinski definition) is 2. The second-order valence-corrected chi connectivity index (χ2v) is 6.99. The van der Waals surface area contributed by atoms with Gasteiger partial charge in [0.25, 0.3) is 0 Å². The zero-order valence-corrected chi connectivity index (χ0v) is 14.3. The summed E-state index contributed by atoms with van der Waals surface area (Å²) in [6, 6.07) is 0. The van der Waals surface area contributed by atoms with Crippen LogP contribution >= 0.6 is 0 Å². The summed E-state index contributed by atoms with van der Waals surface area (Å²) in [6.45, 7) is 4.45. The Balaban J connectivity index is 1.70. The molecule has 2 rings (SSSR count). The van der Waals surface area contributed by atoms with Gasteiger partial charge in [0.1, 0.15) is 0 Å². The van der Waals surface area contributed by atoms with E-state index in [0.29, 0.717) is 12.5 Å². The zero-order valence-electron chi connectivity index (χ0n) is 14.3. The van der Waals surface area contributed by atoms with Crippen molar-refractivity contribution in [2.24, 2.45) is 23.7 Å². The van der Waals surface area contributed by atoms with Gasteiger partial charge in [0.05, 0.1) is 6.61 Å². The standard InChI is InChI=1S/C20H32O2/c1-3-5-16-6-11-18(12-7-16)19-13-8-17(9-14-19)10-15-20(21)22-4-2/h3,5,10,15-19H,4,6-9,11-14H2,1-2H3/b5-3+,15-10+/t16-,17?,18-,19?. The van der Waals surface area contributed by atoms with Crippen LogP contribution in [-0.4, -0.2) is 12.6 Å². The lowest BCUT2D eigenvalue weighted by molar-refractivity contribution is -0.137. The smallest absolute Gasteiger partial charge is 0.330 e. The third kappa shape index (κ3) is 5.30. The number of ether oxygens (including phenoxy) is 1. The van der Waals surface area contributed by atoms with Crippen molar-refractivity contribution in [3.8, 4) is 0 Å². The largest absolute Gasteiger partial charge is 0.463 e. The van der Waals surface area contributed by atoms with E-state index in [-0.39, 0.29) is 5.97 Å². The summed E-state index contributed by atoms with van der Waals surface area (Å²) in [5.41, 5.74) is 0. The molecule has 0 N–H and O–H groups in total. The molecule has 0 radical (unpaired) electrons. The maximum atomic E-state index is 11.4. The molecule has 0 heterocycles. The Kier molecular flexibility index (Phi) is 7.21. The van der Waals surface area contributed by atoms with Crippen LogP contribution in [0.2, 0.25) is 0 Å². The fourth-order valence-electron chi connectivity index (χ4n) is 4.29. The minimum Gasteiger partial charge on any atom is -0.463 e.